The largest absolute Gasteiger partial charge is 0.487 e. The van der Waals surface area contributed by atoms with Crippen molar-refractivity contribution in [3.05, 3.63) is 29.6 Å². The van der Waals surface area contributed by atoms with E-state index in [-0.39, 0.29) is 17.5 Å². The summed E-state index contributed by atoms with van der Waals surface area (Å²) in [5.41, 5.74) is 6.10. The molecule has 1 aromatic rings. The van der Waals surface area contributed by atoms with Crippen LogP contribution in [0.25, 0.3) is 0 Å². The Kier molecular flexibility index (Phi) is 2.00. The first kappa shape index (κ1) is 9.46. The van der Waals surface area contributed by atoms with E-state index in [1.54, 1.807) is 12.1 Å². The number of ether oxygens (including phenoxy) is 1. The van der Waals surface area contributed by atoms with E-state index in [1.165, 1.54) is 6.07 Å². The summed E-state index contributed by atoms with van der Waals surface area (Å²) in [5, 5.41) is 0. The van der Waals surface area contributed by atoms with E-state index in [0.717, 1.165) is 0 Å². The minimum atomic E-state index is -0.305. The van der Waals surface area contributed by atoms with Crippen LogP contribution in [0.2, 0.25) is 0 Å². The fourth-order valence-corrected chi connectivity index (χ4v) is 1.94. The molecule has 0 spiro atoms. The highest BCUT2D eigenvalue weighted by Crippen LogP contribution is 2.39. The molecule has 76 valence electrons. The molecule has 1 aliphatic heterocycles. The zero-order chi connectivity index (χ0) is 10.3. The third kappa shape index (κ3) is 1.48. The van der Waals surface area contributed by atoms with Crippen LogP contribution in [0.4, 0.5) is 4.39 Å². The van der Waals surface area contributed by atoms with Gasteiger partial charge in [-0.05, 0) is 26.0 Å². The highest BCUT2D eigenvalue weighted by atomic mass is 19.1. The first-order chi connectivity index (χ1) is 6.49. The Morgan fingerprint density at radius 1 is 1.50 bits per heavy atom. The van der Waals surface area contributed by atoms with Gasteiger partial charge in [0.1, 0.15) is 17.2 Å². The molecular formula is C11H14FNO. The molecule has 0 saturated carbocycles. The second-order valence-corrected chi connectivity index (χ2v) is 4.32. The molecule has 0 fully saturated rings. The highest BCUT2D eigenvalue weighted by molar-refractivity contribution is 5.39. The second kappa shape index (κ2) is 2.95. The monoisotopic (exact) mass is 195 g/mol. The molecule has 0 unspecified atom stereocenters. The number of halogens is 1. The van der Waals surface area contributed by atoms with Crippen molar-refractivity contribution in [2.24, 2.45) is 5.73 Å². The summed E-state index contributed by atoms with van der Waals surface area (Å²) >= 11 is 0. The van der Waals surface area contributed by atoms with Gasteiger partial charge in [-0.3, -0.25) is 0 Å². The molecule has 1 aliphatic rings. The van der Waals surface area contributed by atoms with Crippen molar-refractivity contribution in [3.63, 3.8) is 0 Å². The van der Waals surface area contributed by atoms with E-state index in [4.69, 9.17) is 10.5 Å². The molecular weight excluding hydrogens is 181 g/mol. The van der Waals surface area contributed by atoms with Gasteiger partial charge < -0.3 is 10.5 Å². The fraction of sp³-hybridized carbons (Fsp3) is 0.455. The standard InChI is InChI=1S/C11H14FNO/c1-11(2)6-8(13)10-7(12)4-3-5-9(10)14-11/h3-5,8H,6,13H2,1-2H3/t8-/m1/s1. The maximum absolute atomic E-state index is 13.4. The molecule has 0 saturated heterocycles. The molecule has 0 radical (unpaired) electrons. The third-order valence-corrected chi connectivity index (χ3v) is 2.48. The molecule has 1 aromatic carbocycles. The van der Waals surface area contributed by atoms with Crippen molar-refractivity contribution in [2.75, 3.05) is 0 Å². The van der Waals surface area contributed by atoms with Gasteiger partial charge in [0, 0.05) is 18.0 Å². The molecule has 1 atom stereocenters. The SMILES string of the molecule is CC1(C)C[C@@H](N)c2c(F)cccc2O1. The van der Waals surface area contributed by atoms with Crippen molar-refractivity contribution in [2.45, 2.75) is 31.9 Å². The highest BCUT2D eigenvalue weighted by Gasteiger charge is 2.33. The maximum atomic E-state index is 13.4. The van der Waals surface area contributed by atoms with Crippen molar-refractivity contribution in [1.29, 1.82) is 0 Å². The molecule has 0 aliphatic carbocycles. The van der Waals surface area contributed by atoms with E-state index in [0.29, 0.717) is 17.7 Å². The number of rotatable bonds is 0. The minimum Gasteiger partial charge on any atom is -0.487 e. The van der Waals surface area contributed by atoms with E-state index in [2.05, 4.69) is 0 Å². The molecule has 0 bridgehead atoms. The summed E-state index contributed by atoms with van der Waals surface area (Å²) in [6.45, 7) is 3.92. The van der Waals surface area contributed by atoms with Crippen molar-refractivity contribution >= 4 is 0 Å². The summed E-state index contributed by atoms with van der Waals surface area (Å²) in [6, 6.07) is 4.55. The third-order valence-electron chi connectivity index (χ3n) is 2.48. The van der Waals surface area contributed by atoms with Crippen LogP contribution in [0.5, 0.6) is 5.75 Å². The van der Waals surface area contributed by atoms with Gasteiger partial charge in [-0.25, -0.2) is 4.39 Å². The normalized spacial score (nSPS) is 23.9. The molecule has 2 nitrogen and oxygen atoms in total. The van der Waals surface area contributed by atoms with Gasteiger partial charge in [0.05, 0.1) is 0 Å². The maximum Gasteiger partial charge on any atom is 0.131 e. The van der Waals surface area contributed by atoms with E-state index in [1.807, 2.05) is 13.8 Å². The summed E-state index contributed by atoms with van der Waals surface area (Å²) in [6.07, 6.45) is 0.640. The Hall–Kier alpha value is -1.09. The Morgan fingerprint density at radius 2 is 2.21 bits per heavy atom. The van der Waals surface area contributed by atoms with Gasteiger partial charge >= 0.3 is 0 Å². The lowest BCUT2D eigenvalue weighted by Crippen LogP contribution is -2.37. The molecule has 14 heavy (non-hydrogen) atoms. The van der Waals surface area contributed by atoms with Gasteiger partial charge in [-0.15, -0.1) is 0 Å². The first-order valence-corrected chi connectivity index (χ1v) is 4.73. The van der Waals surface area contributed by atoms with Gasteiger partial charge in [0.2, 0.25) is 0 Å². The topological polar surface area (TPSA) is 35.2 Å². The Bertz CT molecular complexity index is 362. The van der Waals surface area contributed by atoms with E-state index in [9.17, 15) is 4.39 Å². The number of hydrogen-bond acceptors (Lipinski definition) is 2. The van der Waals surface area contributed by atoms with Gasteiger partial charge in [-0.1, -0.05) is 6.07 Å². The first-order valence-electron chi connectivity index (χ1n) is 4.73. The molecule has 3 heteroatoms. The van der Waals surface area contributed by atoms with Gasteiger partial charge in [0.15, 0.2) is 0 Å². The Balaban J connectivity index is 2.50. The number of fused-ring (bicyclic) bond motifs is 1. The molecule has 2 N–H and O–H groups in total. The zero-order valence-corrected chi connectivity index (χ0v) is 8.38. The lowest BCUT2D eigenvalue weighted by molar-refractivity contribution is 0.0712. The van der Waals surface area contributed by atoms with Gasteiger partial charge in [0.25, 0.3) is 0 Å². The predicted octanol–water partition coefficient (Wildman–Crippen LogP) is 2.39. The quantitative estimate of drug-likeness (QED) is 0.689. The summed E-state index contributed by atoms with van der Waals surface area (Å²) in [7, 11) is 0. The van der Waals surface area contributed by atoms with Crippen molar-refractivity contribution < 1.29 is 9.13 Å². The van der Waals surface area contributed by atoms with E-state index < -0.39 is 0 Å². The van der Waals surface area contributed by atoms with Crippen LogP contribution < -0.4 is 10.5 Å². The van der Waals surface area contributed by atoms with Crippen LogP contribution in [0.15, 0.2) is 18.2 Å². The number of hydrogen-bond donors (Lipinski definition) is 1. The smallest absolute Gasteiger partial charge is 0.131 e. The average Bonchev–Trinajstić information content (AvgIpc) is 2.00. The molecule has 0 amide bonds. The second-order valence-electron chi connectivity index (χ2n) is 4.32. The lowest BCUT2D eigenvalue weighted by Gasteiger charge is -2.36. The van der Waals surface area contributed by atoms with Crippen LogP contribution in [-0.2, 0) is 0 Å². The lowest BCUT2D eigenvalue weighted by atomic mass is 9.90. The van der Waals surface area contributed by atoms with Crippen LogP contribution in [0.3, 0.4) is 0 Å². The number of benzene rings is 1. The Morgan fingerprint density at radius 3 is 2.93 bits per heavy atom. The molecule has 0 aromatic heterocycles. The zero-order valence-electron chi connectivity index (χ0n) is 8.38. The summed E-state index contributed by atoms with van der Waals surface area (Å²) < 4.78 is 19.1. The van der Waals surface area contributed by atoms with Crippen molar-refractivity contribution in [1.82, 2.24) is 0 Å². The molecule has 1 heterocycles. The van der Waals surface area contributed by atoms with Crippen molar-refractivity contribution in [3.8, 4) is 5.75 Å². The molecule has 2 rings (SSSR count). The summed E-state index contributed by atoms with van der Waals surface area (Å²) in [4.78, 5) is 0. The van der Waals surface area contributed by atoms with Crippen LogP contribution in [0, 0.1) is 5.82 Å². The van der Waals surface area contributed by atoms with Crippen LogP contribution >= 0.6 is 0 Å². The fourth-order valence-electron chi connectivity index (χ4n) is 1.94. The van der Waals surface area contributed by atoms with Crippen LogP contribution in [0.1, 0.15) is 31.9 Å². The average molecular weight is 195 g/mol. The van der Waals surface area contributed by atoms with Gasteiger partial charge in [-0.2, -0.15) is 0 Å². The van der Waals surface area contributed by atoms with E-state index >= 15 is 0 Å². The number of nitrogens with two attached hydrogens (primary N) is 1. The Labute approximate surface area is 82.9 Å². The van der Waals surface area contributed by atoms with Crippen LogP contribution in [-0.4, -0.2) is 5.60 Å². The summed E-state index contributed by atoms with van der Waals surface area (Å²) in [5.74, 6) is 0.305. The minimum absolute atomic E-state index is 0.269. The predicted molar refractivity (Wildman–Crippen MR) is 52.7 cm³/mol.